The minimum absolute atomic E-state index is 0.602. The fourth-order valence-electron chi connectivity index (χ4n) is 1.91. The van der Waals surface area contributed by atoms with Crippen molar-refractivity contribution in [3.8, 4) is 0 Å². The van der Waals surface area contributed by atoms with Crippen LogP contribution < -0.4 is 4.72 Å². The van der Waals surface area contributed by atoms with E-state index in [0.29, 0.717) is 5.54 Å². The first-order valence-electron chi connectivity index (χ1n) is 3.80. The van der Waals surface area contributed by atoms with Crippen LogP contribution in [0.4, 0.5) is 0 Å². The molecule has 1 saturated heterocycles. The summed E-state index contributed by atoms with van der Waals surface area (Å²) in [5.74, 6) is 1.33. The Kier molecular flexibility index (Phi) is 1.46. The van der Waals surface area contributed by atoms with Crippen LogP contribution >= 0.6 is 11.9 Å². The number of hydrogen-bond donors (Lipinski definition) is 1. The first kappa shape index (κ1) is 6.05. The third-order valence-electron chi connectivity index (χ3n) is 2.53. The lowest BCUT2D eigenvalue weighted by Crippen LogP contribution is -2.32. The van der Waals surface area contributed by atoms with Crippen LogP contribution in [0.25, 0.3) is 0 Å². The van der Waals surface area contributed by atoms with E-state index in [2.05, 4.69) is 4.72 Å². The fourth-order valence-corrected chi connectivity index (χ4v) is 3.11. The maximum Gasteiger partial charge on any atom is 0.0291 e. The third-order valence-corrected chi connectivity index (χ3v) is 3.52. The largest absolute Gasteiger partial charge is 0.258 e. The standard InChI is InChI=1S/C7H13NS/c1-2-4-7(3-1)5-6-9-8-7/h8H,1-6H2. The summed E-state index contributed by atoms with van der Waals surface area (Å²) < 4.78 is 3.55. The van der Waals surface area contributed by atoms with Gasteiger partial charge in [-0.3, -0.25) is 4.72 Å². The van der Waals surface area contributed by atoms with Crippen molar-refractivity contribution in [3.05, 3.63) is 0 Å². The van der Waals surface area contributed by atoms with Crippen LogP contribution in [0.1, 0.15) is 32.1 Å². The van der Waals surface area contributed by atoms with Crippen molar-refractivity contribution in [2.45, 2.75) is 37.6 Å². The maximum absolute atomic E-state index is 3.55. The molecule has 1 heterocycles. The van der Waals surface area contributed by atoms with Crippen LogP contribution in [0.3, 0.4) is 0 Å². The van der Waals surface area contributed by atoms with Crippen molar-refractivity contribution in [2.75, 3.05) is 5.75 Å². The molecule has 0 aromatic rings. The van der Waals surface area contributed by atoms with Crippen LogP contribution in [0.5, 0.6) is 0 Å². The van der Waals surface area contributed by atoms with E-state index in [9.17, 15) is 0 Å². The van der Waals surface area contributed by atoms with Gasteiger partial charge < -0.3 is 0 Å². The van der Waals surface area contributed by atoms with Gasteiger partial charge in [-0.05, 0) is 19.3 Å². The van der Waals surface area contributed by atoms with E-state index in [-0.39, 0.29) is 0 Å². The number of hydrogen-bond acceptors (Lipinski definition) is 2. The molecule has 0 atom stereocenters. The average molecular weight is 143 g/mol. The molecule has 2 aliphatic rings. The molecule has 0 unspecified atom stereocenters. The second-order valence-electron chi connectivity index (χ2n) is 3.19. The van der Waals surface area contributed by atoms with Gasteiger partial charge in [0.1, 0.15) is 0 Å². The summed E-state index contributed by atoms with van der Waals surface area (Å²) in [6, 6.07) is 0. The highest BCUT2D eigenvalue weighted by atomic mass is 32.2. The molecule has 0 aromatic heterocycles. The summed E-state index contributed by atoms with van der Waals surface area (Å²) in [5.41, 5.74) is 0.602. The van der Waals surface area contributed by atoms with Crippen LogP contribution in [-0.4, -0.2) is 11.3 Å². The lowest BCUT2D eigenvalue weighted by molar-refractivity contribution is 0.414. The Morgan fingerprint density at radius 3 is 2.44 bits per heavy atom. The monoisotopic (exact) mass is 143 g/mol. The van der Waals surface area contributed by atoms with E-state index in [1.54, 1.807) is 0 Å². The molecule has 0 aromatic carbocycles. The van der Waals surface area contributed by atoms with Gasteiger partial charge in [-0.15, -0.1) is 0 Å². The van der Waals surface area contributed by atoms with Crippen LogP contribution in [0, 0.1) is 0 Å². The third kappa shape index (κ3) is 0.987. The molecule has 0 bridgehead atoms. The maximum atomic E-state index is 3.55. The summed E-state index contributed by atoms with van der Waals surface area (Å²) in [4.78, 5) is 0. The van der Waals surface area contributed by atoms with Crippen LogP contribution in [0.2, 0.25) is 0 Å². The zero-order chi connectivity index (χ0) is 6.16. The minimum atomic E-state index is 0.602. The van der Waals surface area contributed by atoms with Crippen molar-refractivity contribution < 1.29 is 0 Å². The average Bonchev–Trinajstić information content (AvgIpc) is 2.45. The van der Waals surface area contributed by atoms with Gasteiger partial charge >= 0.3 is 0 Å². The smallest absolute Gasteiger partial charge is 0.0291 e. The van der Waals surface area contributed by atoms with E-state index in [1.165, 1.54) is 37.9 Å². The molecule has 1 N–H and O–H groups in total. The van der Waals surface area contributed by atoms with E-state index < -0.39 is 0 Å². The van der Waals surface area contributed by atoms with Gasteiger partial charge in [-0.25, -0.2) is 0 Å². The van der Waals surface area contributed by atoms with Gasteiger partial charge in [-0.1, -0.05) is 24.8 Å². The normalized spacial score (nSPS) is 32.0. The lowest BCUT2D eigenvalue weighted by Gasteiger charge is -2.20. The Morgan fingerprint density at radius 2 is 1.89 bits per heavy atom. The molecule has 1 nitrogen and oxygen atoms in total. The molecular weight excluding hydrogens is 130 g/mol. The topological polar surface area (TPSA) is 12.0 Å². The van der Waals surface area contributed by atoms with Crippen LogP contribution in [-0.2, 0) is 0 Å². The Hall–Kier alpha value is 0.310. The lowest BCUT2D eigenvalue weighted by atomic mass is 9.96. The van der Waals surface area contributed by atoms with Gasteiger partial charge in [-0.2, -0.15) is 0 Å². The molecule has 2 fully saturated rings. The first-order chi connectivity index (χ1) is 4.41. The molecule has 2 rings (SSSR count). The summed E-state index contributed by atoms with van der Waals surface area (Å²) in [6.07, 6.45) is 7.18. The van der Waals surface area contributed by atoms with E-state index >= 15 is 0 Å². The molecule has 52 valence electrons. The van der Waals surface area contributed by atoms with Gasteiger partial charge in [0.15, 0.2) is 0 Å². The summed E-state index contributed by atoms with van der Waals surface area (Å²) >= 11 is 1.92. The van der Waals surface area contributed by atoms with Crippen molar-refractivity contribution in [2.24, 2.45) is 0 Å². The van der Waals surface area contributed by atoms with Crippen molar-refractivity contribution >= 4 is 11.9 Å². The predicted molar refractivity (Wildman–Crippen MR) is 41.4 cm³/mol. The second-order valence-corrected chi connectivity index (χ2v) is 4.09. The highest BCUT2D eigenvalue weighted by molar-refractivity contribution is 7.97. The first-order valence-corrected chi connectivity index (χ1v) is 4.79. The molecule has 2 heteroatoms. The van der Waals surface area contributed by atoms with E-state index in [4.69, 9.17) is 0 Å². The molecule has 1 aliphatic heterocycles. The minimum Gasteiger partial charge on any atom is -0.258 e. The second kappa shape index (κ2) is 2.17. The number of rotatable bonds is 0. The zero-order valence-corrected chi connectivity index (χ0v) is 6.47. The Labute approximate surface area is 60.7 Å². The Morgan fingerprint density at radius 1 is 1.11 bits per heavy atom. The van der Waals surface area contributed by atoms with Crippen LogP contribution in [0.15, 0.2) is 0 Å². The molecule has 1 spiro atoms. The number of nitrogens with one attached hydrogen (secondary N) is 1. The van der Waals surface area contributed by atoms with E-state index in [0.717, 1.165) is 0 Å². The molecule has 1 aliphatic carbocycles. The van der Waals surface area contributed by atoms with Gasteiger partial charge in [0.2, 0.25) is 0 Å². The zero-order valence-electron chi connectivity index (χ0n) is 5.65. The van der Waals surface area contributed by atoms with Crippen molar-refractivity contribution in [1.82, 2.24) is 4.72 Å². The Bertz CT molecular complexity index is 84.0. The summed E-state index contributed by atoms with van der Waals surface area (Å²) in [7, 11) is 0. The van der Waals surface area contributed by atoms with E-state index in [1.807, 2.05) is 11.9 Å². The summed E-state index contributed by atoms with van der Waals surface area (Å²) in [5, 5.41) is 0. The SMILES string of the molecule is C1CCC2(C1)CCSN2. The van der Waals surface area contributed by atoms with Gasteiger partial charge in [0.05, 0.1) is 0 Å². The van der Waals surface area contributed by atoms with Crippen molar-refractivity contribution in [3.63, 3.8) is 0 Å². The molecule has 9 heavy (non-hydrogen) atoms. The van der Waals surface area contributed by atoms with Crippen molar-refractivity contribution in [1.29, 1.82) is 0 Å². The van der Waals surface area contributed by atoms with Gasteiger partial charge in [0.25, 0.3) is 0 Å². The molecule has 0 radical (unpaired) electrons. The predicted octanol–water partition coefficient (Wildman–Crippen LogP) is 1.94. The Balaban J connectivity index is 2.04. The fraction of sp³-hybridized carbons (Fsp3) is 1.00. The molecular formula is C7H13NS. The summed E-state index contributed by atoms with van der Waals surface area (Å²) in [6.45, 7) is 0. The highest BCUT2D eigenvalue weighted by Gasteiger charge is 2.36. The van der Waals surface area contributed by atoms with Gasteiger partial charge in [0, 0.05) is 11.3 Å². The highest BCUT2D eigenvalue weighted by Crippen LogP contribution is 2.38. The molecule has 1 saturated carbocycles. The quantitative estimate of drug-likeness (QED) is 0.520. The molecule has 0 amide bonds.